The Morgan fingerprint density at radius 1 is 1.44 bits per heavy atom. The van der Waals surface area contributed by atoms with Crippen LogP contribution in [-0.4, -0.2) is 26.2 Å². The van der Waals surface area contributed by atoms with E-state index in [1.165, 1.54) is 4.80 Å². The summed E-state index contributed by atoms with van der Waals surface area (Å²) in [4.78, 5) is 12.6. The molecule has 0 saturated carbocycles. The summed E-state index contributed by atoms with van der Waals surface area (Å²) in [6.07, 6.45) is 1.07. The highest BCUT2D eigenvalue weighted by molar-refractivity contribution is 5.71. The van der Waals surface area contributed by atoms with E-state index >= 15 is 0 Å². The lowest BCUT2D eigenvalue weighted by molar-refractivity contribution is -0.134. The number of ether oxygens (including phenoxy) is 1. The van der Waals surface area contributed by atoms with Gasteiger partial charge in [-0.25, -0.2) is 0 Å². The van der Waals surface area contributed by atoms with E-state index in [-0.39, 0.29) is 12.0 Å². The van der Waals surface area contributed by atoms with Gasteiger partial charge in [0.2, 0.25) is 0 Å². The largest absolute Gasteiger partial charge is 0.389 e. The summed E-state index contributed by atoms with van der Waals surface area (Å²) < 4.78 is 4.94. The fourth-order valence-electron chi connectivity index (χ4n) is 1.46. The van der Waals surface area contributed by atoms with Crippen molar-refractivity contribution < 1.29 is 9.53 Å². The van der Waals surface area contributed by atoms with Gasteiger partial charge in [-0.2, -0.15) is 0 Å². The zero-order valence-corrected chi connectivity index (χ0v) is 10.3. The van der Waals surface area contributed by atoms with E-state index < -0.39 is 0 Å². The van der Waals surface area contributed by atoms with Crippen LogP contribution in [-0.2, 0) is 4.79 Å². The van der Waals surface area contributed by atoms with Gasteiger partial charge >= 0.3 is 12.0 Å². The summed E-state index contributed by atoms with van der Waals surface area (Å²) in [5.74, 6) is -0.346. The van der Waals surface area contributed by atoms with Gasteiger partial charge in [0.25, 0.3) is 0 Å². The van der Waals surface area contributed by atoms with Crippen LogP contribution in [0.4, 0.5) is 0 Å². The average Bonchev–Trinajstić information content (AvgIpc) is 2.78. The molecule has 1 heterocycles. The first-order chi connectivity index (χ1) is 8.69. The maximum absolute atomic E-state index is 11.3. The minimum absolute atomic E-state index is 0.0186. The topological polar surface area (TPSA) is 69.9 Å². The summed E-state index contributed by atoms with van der Waals surface area (Å²) in [5, 5.41) is 11.5. The van der Waals surface area contributed by atoms with Crippen LogP contribution in [0, 0.1) is 6.92 Å². The Hall–Kier alpha value is -2.24. The van der Waals surface area contributed by atoms with Gasteiger partial charge in [-0.05, 0) is 36.3 Å². The van der Waals surface area contributed by atoms with Gasteiger partial charge in [0, 0.05) is 6.42 Å². The monoisotopic (exact) mass is 246 g/mol. The number of benzene rings is 1. The number of nitrogens with zero attached hydrogens (tertiary/aromatic N) is 4. The molecule has 1 aromatic heterocycles. The molecule has 0 saturated heterocycles. The second kappa shape index (κ2) is 5.39. The summed E-state index contributed by atoms with van der Waals surface area (Å²) in [5.41, 5.74) is 1.87. The predicted octanol–water partition coefficient (Wildman–Crippen LogP) is 1.68. The zero-order valence-electron chi connectivity index (χ0n) is 10.3. The number of aryl methyl sites for hydroxylation is 1. The first-order valence-electron chi connectivity index (χ1n) is 5.77. The molecular formula is C12H14N4O2. The molecule has 2 rings (SSSR count). The van der Waals surface area contributed by atoms with Gasteiger partial charge < -0.3 is 4.74 Å². The Morgan fingerprint density at radius 3 is 3.00 bits per heavy atom. The minimum atomic E-state index is -0.346. The summed E-state index contributed by atoms with van der Waals surface area (Å²) in [6, 6.07) is 7.63. The lowest BCUT2D eigenvalue weighted by Gasteiger charge is -1.99. The second-order valence-electron chi connectivity index (χ2n) is 3.92. The fraction of sp³-hybridized carbons (Fsp3) is 0.333. The fourth-order valence-corrected chi connectivity index (χ4v) is 1.46. The Kier molecular flexibility index (Phi) is 3.66. The minimum Gasteiger partial charge on any atom is -0.389 e. The maximum atomic E-state index is 11.3. The van der Waals surface area contributed by atoms with Crippen LogP contribution in [0.2, 0.25) is 0 Å². The van der Waals surface area contributed by atoms with Gasteiger partial charge in [0.1, 0.15) is 0 Å². The van der Waals surface area contributed by atoms with Crippen LogP contribution in [0.3, 0.4) is 0 Å². The number of carbonyl (C=O) groups excluding carboxylic acids is 1. The Morgan fingerprint density at radius 2 is 2.28 bits per heavy atom. The molecule has 0 amide bonds. The van der Waals surface area contributed by atoms with Crippen molar-refractivity contribution in [3.8, 4) is 11.7 Å². The molecule has 2 aromatic rings. The average molecular weight is 246 g/mol. The van der Waals surface area contributed by atoms with Crippen LogP contribution >= 0.6 is 0 Å². The number of esters is 1. The third-order valence-corrected chi connectivity index (χ3v) is 2.29. The summed E-state index contributed by atoms with van der Waals surface area (Å²) >= 11 is 0. The quantitative estimate of drug-likeness (QED) is 0.767. The predicted molar refractivity (Wildman–Crippen MR) is 64.4 cm³/mol. The molecule has 6 heteroatoms. The molecule has 1 aromatic carbocycles. The first-order valence-corrected chi connectivity index (χ1v) is 5.77. The molecule has 0 N–H and O–H groups in total. The smallest absolute Gasteiger partial charge is 0.364 e. The summed E-state index contributed by atoms with van der Waals surface area (Å²) in [6.45, 7) is 3.88. The maximum Gasteiger partial charge on any atom is 0.364 e. The van der Waals surface area contributed by atoms with E-state index in [1.54, 1.807) is 0 Å². The Labute approximate surface area is 105 Å². The van der Waals surface area contributed by atoms with Gasteiger partial charge in [-0.3, -0.25) is 4.79 Å². The van der Waals surface area contributed by atoms with Gasteiger partial charge in [-0.1, -0.05) is 29.3 Å². The number of hydrogen-bond acceptors (Lipinski definition) is 5. The van der Waals surface area contributed by atoms with Crippen molar-refractivity contribution in [2.45, 2.75) is 26.7 Å². The van der Waals surface area contributed by atoms with Crippen LogP contribution in [0.5, 0.6) is 6.01 Å². The normalized spacial score (nSPS) is 10.3. The van der Waals surface area contributed by atoms with E-state index in [2.05, 4.69) is 15.4 Å². The molecule has 94 valence electrons. The van der Waals surface area contributed by atoms with Gasteiger partial charge in [-0.15, -0.1) is 4.80 Å². The molecule has 0 fully saturated rings. The molecule has 0 spiro atoms. The Bertz CT molecular complexity index is 551. The van der Waals surface area contributed by atoms with Crippen LogP contribution in [0.15, 0.2) is 24.3 Å². The van der Waals surface area contributed by atoms with Gasteiger partial charge in [0.15, 0.2) is 0 Å². The molecule has 18 heavy (non-hydrogen) atoms. The highest BCUT2D eigenvalue weighted by Crippen LogP contribution is 2.09. The van der Waals surface area contributed by atoms with E-state index in [0.29, 0.717) is 6.42 Å². The molecule has 0 aliphatic carbocycles. The standard InChI is InChI=1S/C12H14N4O2/c1-3-5-11(17)18-12-13-15-16(14-12)10-7-4-6-9(2)8-10/h4,6-8H,3,5H2,1-2H3. The molecule has 0 atom stereocenters. The van der Waals surface area contributed by atoms with Crippen LogP contribution in [0.25, 0.3) is 5.69 Å². The molecular weight excluding hydrogens is 232 g/mol. The second-order valence-corrected chi connectivity index (χ2v) is 3.92. The van der Waals surface area contributed by atoms with Gasteiger partial charge in [0.05, 0.1) is 5.69 Å². The van der Waals surface area contributed by atoms with Crippen molar-refractivity contribution in [2.75, 3.05) is 0 Å². The molecule has 0 radical (unpaired) electrons. The molecule has 0 bridgehead atoms. The van der Waals surface area contributed by atoms with E-state index in [0.717, 1.165) is 17.7 Å². The molecule has 0 aliphatic rings. The molecule has 0 aliphatic heterocycles. The summed E-state index contributed by atoms with van der Waals surface area (Å²) in [7, 11) is 0. The van der Waals surface area contributed by atoms with Crippen molar-refractivity contribution in [3.05, 3.63) is 29.8 Å². The Balaban J connectivity index is 2.13. The van der Waals surface area contributed by atoms with Crippen LogP contribution in [0.1, 0.15) is 25.3 Å². The van der Waals surface area contributed by atoms with E-state index in [4.69, 9.17) is 4.74 Å². The van der Waals surface area contributed by atoms with Crippen molar-refractivity contribution in [1.29, 1.82) is 0 Å². The van der Waals surface area contributed by atoms with E-state index in [9.17, 15) is 4.79 Å². The van der Waals surface area contributed by atoms with Crippen molar-refractivity contribution in [2.24, 2.45) is 0 Å². The third-order valence-electron chi connectivity index (χ3n) is 2.29. The number of rotatable bonds is 4. The van der Waals surface area contributed by atoms with Crippen molar-refractivity contribution in [1.82, 2.24) is 20.2 Å². The SMILES string of the molecule is CCCC(=O)Oc1nnn(-c2cccc(C)c2)n1. The third kappa shape index (κ3) is 2.91. The first kappa shape index (κ1) is 12.2. The number of carbonyl (C=O) groups is 1. The number of aromatic nitrogens is 4. The molecule has 6 nitrogen and oxygen atoms in total. The van der Waals surface area contributed by atoms with Crippen LogP contribution < -0.4 is 4.74 Å². The van der Waals surface area contributed by atoms with Crippen molar-refractivity contribution >= 4 is 5.97 Å². The number of hydrogen-bond donors (Lipinski definition) is 0. The molecule has 0 unspecified atom stereocenters. The lowest BCUT2D eigenvalue weighted by atomic mass is 10.2. The lowest BCUT2D eigenvalue weighted by Crippen LogP contribution is -2.08. The van der Waals surface area contributed by atoms with Crippen molar-refractivity contribution in [3.63, 3.8) is 0 Å². The number of tetrazole rings is 1. The highest BCUT2D eigenvalue weighted by atomic mass is 16.6. The van der Waals surface area contributed by atoms with E-state index in [1.807, 2.05) is 38.1 Å². The highest BCUT2D eigenvalue weighted by Gasteiger charge is 2.10. The zero-order chi connectivity index (χ0) is 13.0.